The Morgan fingerprint density at radius 2 is 1.26 bits per heavy atom. The lowest BCUT2D eigenvalue weighted by Gasteiger charge is -2.25. The molecule has 0 radical (unpaired) electrons. The Morgan fingerprint density at radius 3 is 1.57 bits per heavy atom. The summed E-state index contributed by atoms with van der Waals surface area (Å²) in [5.41, 5.74) is 4.01. The smallest absolute Gasteiger partial charge is 0.258 e. The molecule has 0 aromatic heterocycles. The maximum atomic E-state index is 12.0. The molecule has 124 valence electrons. The summed E-state index contributed by atoms with van der Waals surface area (Å²) in [6, 6.07) is 5.97. The number of hydrogen-bond donors (Lipinski definition) is 0. The van der Waals surface area contributed by atoms with Gasteiger partial charge in [0.2, 0.25) is 0 Å². The normalized spacial score (nSPS) is 13.7. The molecule has 2 rings (SSSR count). The van der Waals surface area contributed by atoms with Crippen LogP contribution in [0.1, 0.15) is 64.5 Å². The summed E-state index contributed by atoms with van der Waals surface area (Å²) in [6.07, 6.45) is 2.67. The second-order valence-electron chi connectivity index (χ2n) is 6.65. The average Bonchev–Trinajstić information content (AvgIpc) is 2.76. The van der Waals surface area contributed by atoms with E-state index >= 15 is 0 Å². The summed E-state index contributed by atoms with van der Waals surface area (Å²) in [5, 5.41) is 0. The lowest BCUT2D eigenvalue weighted by atomic mass is 9.92. The number of carbonyl (C=O) groups excluding carboxylic acids is 2. The SMILES string of the molecule is C=C(C)C.CC(C)c1cccc(C(C)C)c1N1C(=O)C=CC1=O. The minimum Gasteiger partial charge on any atom is -0.269 e. The Morgan fingerprint density at radius 1 is 0.913 bits per heavy atom. The van der Waals surface area contributed by atoms with Crippen LogP contribution in [0.2, 0.25) is 0 Å². The predicted octanol–water partition coefficient (Wildman–Crippen LogP) is 4.95. The van der Waals surface area contributed by atoms with Crippen LogP contribution in [0.3, 0.4) is 0 Å². The van der Waals surface area contributed by atoms with E-state index in [1.54, 1.807) is 0 Å². The van der Waals surface area contributed by atoms with E-state index in [0.717, 1.165) is 16.8 Å². The first-order chi connectivity index (χ1) is 10.7. The molecule has 1 aromatic carbocycles. The fourth-order valence-corrected chi connectivity index (χ4v) is 2.39. The molecule has 0 N–H and O–H groups in total. The van der Waals surface area contributed by atoms with E-state index in [1.165, 1.54) is 22.6 Å². The van der Waals surface area contributed by atoms with Crippen molar-refractivity contribution in [3.8, 4) is 0 Å². The summed E-state index contributed by atoms with van der Waals surface area (Å²) in [4.78, 5) is 25.2. The van der Waals surface area contributed by atoms with E-state index in [1.807, 2.05) is 32.0 Å². The van der Waals surface area contributed by atoms with Crippen LogP contribution in [0.25, 0.3) is 0 Å². The quantitative estimate of drug-likeness (QED) is 0.585. The molecular formula is C20H27NO2. The summed E-state index contributed by atoms with van der Waals surface area (Å²) >= 11 is 0. The number of allylic oxidation sites excluding steroid dienone is 1. The molecule has 0 saturated carbocycles. The molecule has 1 aliphatic heterocycles. The topological polar surface area (TPSA) is 37.4 Å². The second kappa shape index (κ2) is 7.91. The second-order valence-corrected chi connectivity index (χ2v) is 6.65. The molecule has 0 fully saturated rings. The number of rotatable bonds is 3. The summed E-state index contributed by atoms with van der Waals surface area (Å²) in [7, 11) is 0. The largest absolute Gasteiger partial charge is 0.269 e. The van der Waals surface area contributed by atoms with Gasteiger partial charge in [-0.2, -0.15) is 0 Å². The van der Waals surface area contributed by atoms with Gasteiger partial charge in [0.15, 0.2) is 0 Å². The molecule has 3 heteroatoms. The molecule has 0 spiro atoms. The highest BCUT2D eigenvalue weighted by molar-refractivity contribution is 6.28. The van der Waals surface area contributed by atoms with E-state index in [4.69, 9.17) is 0 Å². The van der Waals surface area contributed by atoms with Gasteiger partial charge < -0.3 is 0 Å². The van der Waals surface area contributed by atoms with Gasteiger partial charge in [-0.3, -0.25) is 9.59 Å². The Labute approximate surface area is 139 Å². The molecule has 1 aliphatic rings. The van der Waals surface area contributed by atoms with E-state index < -0.39 is 0 Å². The van der Waals surface area contributed by atoms with Crippen molar-refractivity contribution in [2.75, 3.05) is 4.90 Å². The van der Waals surface area contributed by atoms with Crippen molar-refractivity contribution in [3.05, 3.63) is 53.6 Å². The number of anilines is 1. The molecular weight excluding hydrogens is 286 g/mol. The highest BCUT2D eigenvalue weighted by atomic mass is 16.2. The Balaban J connectivity index is 0.000000593. The highest BCUT2D eigenvalue weighted by Crippen LogP contribution is 2.36. The van der Waals surface area contributed by atoms with Crippen LogP contribution in [0.5, 0.6) is 0 Å². The number of amides is 2. The van der Waals surface area contributed by atoms with Gasteiger partial charge in [-0.15, -0.1) is 6.58 Å². The minimum absolute atomic E-state index is 0.250. The van der Waals surface area contributed by atoms with E-state index in [0.29, 0.717) is 0 Å². The van der Waals surface area contributed by atoms with Crippen LogP contribution < -0.4 is 4.90 Å². The molecule has 0 unspecified atom stereocenters. The fraction of sp³-hybridized carbons (Fsp3) is 0.400. The van der Waals surface area contributed by atoms with Crippen LogP contribution in [0.15, 0.2) is 42.5 Å². The number of imide groups is 1. The molecule has 0 atom stereocenters. The summed E-state index contributed by atoms with van der Waals surface area (Å²) in [5.74, 6) is 0.0183. The Kier molecular flexibility index (Phi) is 6.49. The fourth-order valence-electron chi connectivity index (χ4n) is 2.39. The van der Waals surface area contributed by atoms with Crippen molar-refractivity contribution in [1.29, 1.82) is 0 Å². The minimum atomic E-state index is -0.250. The van der Waals surface area contributed by atoms with Crippen molar-refractivity contribution in [2.45, 2.75) is 53.4 Å². The summed E-state index contributed by atoms with van der Waals surface area (Å²) in [6.45, 7) is 15.8. The van der Waals surface area contributed by atoms with Crippen LogP contribution in [0, 0.1) is 0 Å². The third kappa shape index (κ3) is 4.65. The standard InChI is InChI=1S/C16H19NO2.C4H8/c1-10(2)12-6-5-7-13(11(3)4)16(12)17-14(18)8-9-15(17)19;1-4(2)3/h5-11H,1-4H3;1H2,2-3H3. The monoisotopic (exact) mass is 313 g/mol. The van der Waals surface area contributed by atoms with Crippen molar-refractivity contribution < 1.29 is 9.59 Å². The molecule has 3 nitrogen and oxygen atoms in total. The van der Waals surface area contributed by atoms with Crippen molar-refractivity contribution in [1.82, 2.24) is 0 Å². The predicted molar refractivity (Wildman–Crippen MR) is 96.7 cm³/mol. The number of nitrogens with zero attached hydrogens (tertiary/aromatic N) is 1. The first kappa shape index (κ1) is 18.9. The lowest BCUT2D eigenvalue weighted by Crippen LogP contribution is -2.32. The van der Waals surface area contributed by atoms with Crippen molar-refractivity contribution in [3.63, 3.8) is 0 Å². The molecule has 23 heavy (non-hydrogen) atoms. The summed E-state index contributed by atoms with van der Waals surface area (Å²) < 4.78 is 0. The van der Waals surface area contributed by atoms with Gasteiger partial charge in [0, 0.05) is 12.2 Å². The first-order valence-corrected chi connectivity index (χ1v) is 7.97. The number of para-hydroxylation sites is 1. The Hall–Kier alpha value is -2.16. The molecule has 0 bridgehead atoms. The van der Waals surface area contributed by atoms with Crippen LogP contribution in [-0.2, 0) is 9.59 Å². The maximum absolute atomic E-state index is 12.0. The highest BCUT2D eigenvalue weighted by Gasteiger charge is 2.30. The number of hydrogen-bond acceptors (Lipinski definition) is 2. The van der Waals surface area contributed by atoms with Gasteiger partial charge >= 0.3 is 0 Å². The zero-order valence-corrected chi connectivity index (χ0v) is 15.0. The number of benzene rings is 1. The Bertz CT molecular complexity index is 591. The average molecular weight is 313 g/mol. The first-order valence-electron chi connectivity index (χ1n) is 7.97. The van der Waals surface area contributed by atoms with Gasteiger partial charge in [-0.25, -0.2) is 4.90 Å². The van der Waals surface area contributed by atoms with Gasteiger partial charge in [0.1, 0.15) is 0 Å². The van der Waals surface area contributed by atoms with Crippen LogP contribution >= 0.6 is 0 Å². The van der Waals surface area contributed by atoms with E-state index in [2.05, 4.69) is 34.3 Å². The van der Waals surface area contributed by atoms with Gasteiger partial charge in [0.05, 0.1) is 5.69 Å². The third-order valence-corrected chi connectivity index (χ3v) is 3.38. The molecule has 2 amide bonds. The van der Waals surface area contributed by atoms with E-state index in [-0.39, 0.29) is 23.7 Å². The van der Waals surface area contributed by atoms with Crippen molar-refractivity contribution >= 4 is 17.5 Å². The van der Waals surface area contributed by atoms with Crippen molar-refractivity contribution in [2.24, 2.45) is 0 Å². The van der Waals surface area contributed by atoms with Crippen LogP contribution in [-0.4, -0.2) is 11.8 Å². The molecule has 1 aromatic rings. The third-order valence-electron chi connectivity index (χ3n) is 3.38. The van der Waals surface area contributed by atoms with Gasteiger partial charge in [-0.1, -0.05) is 51.5 Å². The lowest BCUT2D eigenvalue weighted by molar-refractivity contribution is -0.120. The zero-order valence-electron chi connectivity index (χ0n) is 15.0. The maximum Gasteiger partial charge on any atom is 0.258 e. The molecule has 0 aliphatic carbocycles. The van der Waals surface area contributed by atoms with Gasteiger partial charge in [0.25, 0.3) is 11.8 Å². The molecule has 0 saturated heterocycles. The van der Waals surface area contributed by atoms with Gasteiger partial charge in [-0.05, 0) is 36.8 Å². The molecule has 1 heterocycles. The van der Waals surface area contributed by atoms with E-state index in [9.17, 15) is 9.59 Å². The zero-order chi connectivity index (χ0) is 17.7. The van der Waals surface area contributed by atoms with Crippen LogP contribution in [0.4, 0.5) is 5.69 Å². The number of carbonyl (C=O) groups is 2.